The van der Waals surface area contributed by atoms with E-state index in [-0.39, 0.29) is 34.1 Å². The zero-order chi connectivity index (χ0) is 31.6. The van der Waals surface area contributed by atoms with Gasteiger partial charge < -0.3 is 30.5 Å². The van der Waals surface area contributed by atoms with E-state index in [2.05, 4.69) is 42.2 Å². The Morgan fingerprint density at radius 3 is 2.58 bits per heavy atom. The molecule has 238 valence electrons. The molecule has 10 atom stereocenters. The van der Waals surface area contributed by atoms with Crippen LogP contribution < -0.4 is 16.9 Å². The maximum Gasteiger partial charge on any atom is 0.387 e. The summed E-state index contributed by atoms with van der Waals surface area (Å²) in [5.74, 6) is -0.0581. The first-order valence-electron chi connectivity index (χ1n) is 13.2. The number of aromatic nitrogens is 9. The summed E-state index contributed by atoms with van der Waals surface area (Å²) >= 11 is 3.97. The molecule has 20 nitrogen and oxygen atoms in total. The Labute approximate surface area is 252 Å². The van der Waals surface area contributed by atoms with Crippen LogP contribution in [-0.2, 0) is 23.1 Å². The molecule has 0 amide bonds. The van der Waals surface area contributed by atoms with Crippen LogP contribution in [0.5, 0.6) is 0 Å². The van der Waals surface area contributed by atoms with Crippen molar-refractivity contribution in [2.45, 2.75) is 54.7 Å². The van der Waals surface area contributed by atoms with E-state index >= 15 is 4.39 Å². The van der Waals surface area contributed by atoms with Gasteiger partial charge in [0.25, 0.3) is 11.1 Å². The smallest absolute Gasteiger partial charge is 0.387 e. The predicted molar refractivity (Wildman–Crippen MR) is 149 cm³/mol. The molecule has 8 rings (SSSR count). The van der Waals surface area contributed by atoms with Gasteiger partial charge in [-0.1, -0.05) is 12.2 Å². The minimum atomic E-state index is -4.58. The maximum atomic E-state index is 15.4. The Morgan fingerprint density at radius 1 is 1.11 bits per heavy atom. The number of alkyl halides is 1. The number of nitrogens with one attached hydrogen (secondary N) is 2. The van der Waals surface area contributed by atoms with Crippen molar-refractivity contribution in [2.75, 3.05) is 12.3 Å². The Morgan fingerprint density at radius 2 is 1.84 bits per heavy atom. The van der Waals surface area contributed by atoms with E-state index in [4.69, 9.17) is 24.3 Å². The molecule has 2 unspecified atom stereocenters. The van der Waals surface area contributed by atoms with Crippen molar-refractivity contribution in [1.29, 1.82) is 0 Å². The van der Waals surface area contributed by atoms with Crippen molar-refractivity contribution >= 4 is 53.1 Å². The Bertz CT molecular complexity index is 2170. The van der Waals surface area contributed by atoms with E-state index < -0.39 is 79.3 Å². The number of nitrogens with zero attached hydrogens (tertiary/aromatic N) is 7. The highest BCUT2D eigenvalue weighted by atomic mass is 32.7. The van der Waals surface area contributed by atoms with E-state index in [1.165, 1.54) is 21.5 Å². The molecule has 2 saturated heterocycles. The first-order chi connectivity index (χ1) is 21.4. The molecule has 0 aromatic carbocycles. The number of halogens is 1. The van der Waals surface area contributed by atoms with Crippen LogP contribution in [0.25, 0.3) is 28.1 Å². The lowest BCUT2D eigenvalue weighted by atomic mass is 10.1. The van der Waals surface area contributed by atoms with Gasteiger partial charge in [-0.05, 0) is 0 Å². The fraction of sp³-hybridized carbons (Fsp3) is 0.455. The minimum absolute atomic E-state index is 0.0217. The van der Waals surface area contributed by atoms with Gasteiger partial charge in [0.05, 0.1) is 19.3 Å². The zero-order valence-electron chi connectivity index (χ0n) is 22.3. The van der Waals surface area contributed by atoms with Crippen LogP contribution >= 0.6 is 19.0 Å². The summed E-state index contributed by atoms with van der Waals surface area (Å²) in [5.41, 5.74) is 2.31. The van der Waals surface area contributed by atoms with Crippen molar-refractivity contribution in [3.8, 4) is 0 Å². The van der Waals surface area contributed by atoms with Crippen molar-refractivity contribution in [3.05, 3.63) is 45.8 Å². The number of anilines is 1. The van der Waals surface area contributed by atoms with E-state index in [0.29, 0.717) is 0 Å². The average Bonchev–Trinajstić information content (AvgIpc) is 3.65. The molecule has 7 N–H and O–H groups in total. The van der Waals surface area contributed by atoms with E-state index in [1.807, 2.05) is 0 Å². The molecule has 5 aromatic heterocycles. The minimum Gasteiger partial charge on any atom is -0.394 e. The average molecular weight is 669 g/mol. The number of aliphatic hydroxyl groups excluding tert-OH is 2. The Kier molecular flexibility index (Phi) is 6.15. The number of thiol groups is 1. The highest BCUT2D eigenvalue weighted by molar-refractivity contribution is 8.44. The van der Waals surface area contributed by atoms with Crippen LogP contribution in [-0.4, -0.2) is 108 Å². The number of hydrogen-bond donors (Lipinski definition) is 7. The lowest BCUT2D eigenvalue weighted by Crippen LogP contribution is -2.37. The lowest BCUT2D eigenvalue weighted by Gasteiger charge is -2.27. The van der Waals surface area contributed by atoms with Crippen molar-refractivity contribution < 1.29 is 42.8 Å². The number of H-pyrrole nitrogens is 2. The molecule has 3 aliphatic rings. The van der Waals surface area contributed by atoms with Crippen molar-refractivity contribution in [1.82, 2.24) is 43.4 Å². The third-order valence-corrected chi connectivity index (χ3v) is 9.70. The van der Waals surface area contributed by atoms with Crippen LogP contribution in [0.4, 0.5) is 10.3 Å². The molecule has 5 aromatic rings. The number of fused-ring (bicyclic) bond motifs is 5. The molecule has 0 spiro atoms. The fourth-order valence-electron chi connectivity index (χ4n) is 5.96. The topological polar surface area (TPSA) is 272 Å². The molecular formula is C22H22FN10O10PS. The monoisotopic (exact) mass is 668 g/mol. The van der Waals surface area contributed by atoms with Gasteiger partial charge in [0, 0.05) is 12.4 Å². The van der Waals surface area contributed by atoms with Gasteiger partial charge in [-0.15, -0.1) is 0 Å². The number of rotatable bonds is 7. The van der Waals surface area contributed by atoms with Gasteiger partial charge in [-0.3, -0.25) is 42.1 Å². The van der Waals surface area contributed by atoms with Gasteiger partial charge in [-0.2, -0.15) is 4.98 Å². The van der Waals surface area contributed by atoms with Gasteiger partial charge >= 0.3 is 6.80 Å². The number of aliphatic hydroxyl groups is 3. The molecule has 0 radical (unpaired) electrons. The highest BCUT2D eigenvalue weighted by Crippen LogP contribution is 2.65. The third kappa shape index (κ3) is 4.08. The number of aromatic amines is 2. The summed E-state index contributed by atoms with van der Waals surface area (Å²) < 4.78 is 55.2. The third-order valence-electron chi connectivity index (χ3n) is 8.13. The van der Waals surface area contributed by atoms with Crippen LogP contribution in [0.2, 0.25) is 0 Å². The molecule has 23 heteroatoms. The van der Waals surface area contributed by atoms with Crippen LogP contribution in [0.15, 0.2) is 34.6 Å². The predicted octanol–water partition coefficient (Wildman–Crippen LogP) is -1.87. The highest BCUT2D eigenvalue weighted by Gasteiger charge is 2.79. The van der Waals surface area contributed by atoms with Gasteiger partial charge in [0.15, 0.2) is 46.6 Å². The molecule has 2 aliphatic heterocycles. The summed E-state index contributed by atoms with van der Waals surface area (Å²) in [6.45, 7) is -5.37. The largest absolute Gasteiger partial charge is 0.394 e. The maximum absolute atomic E-state index is 15.4. The number of nitrogens with two attached hydrogens (primary N) is 1. The zero-order valence-corrected chi connectivity index (χ0v) is 24.1. The first kappa shape index (κ1) is 28.7. The fourth-order valence-corrected chi connectivity index (χ4v) is 7.73. The van der Waals surface area contributed by atoms with Crippen molar-refractivity contribution in [2.24, 2.45) is 0 Å². The summed E-state index contributed by atoms with van der Waals surface area (Å²) in [6.07, 6.45) is -6.98. The second-order valence-electron chi connectivity index (χ2n) is 10.7. The van der Waals surface area contributed by atoms with Gasteiger partial charge in [0.2, 0.25) is 11.7 Å². The van der Waals surface area contributed by atoms with E-state index in [0.717, 1.165) is 10.9 Å². The lowest BCUT2D eigenvalue weighted by molar-refractivity contribution is -0.0924. The number of hydrogen-bond acceptors (Lipinski definition) is 15. The molecule has 1 saturated carbocycles. The number of nitrogen functional groups attached to an aromatic ring is 1. The van der Waals surface area contributed by atoms with E-state index in [1.54, 1.807) is 6.20 Å². The molecule has 45 heavy (non-hydrogen) atoms. The van der Waals surface area contributed by atoms with Crippen LogP contribution in [0, 0.1) is 0 Å². The summed E-state index contributed by atoms with van der Waals surface area (Å²) in [5, 5.41) is 32.1. The molecule has 7 heterocycles. The Balaban J connectivity index is 1.04. The molecule has 3 fully saturated rings. The second kappa shape index (κ2) is 9.64. The SMILES string of the molecule is Nc1nc2c(ncn2[C@@H]2O[C@H](CO)[C@@H](F)[C@H]2OP(=O)(S)OC2[C@H]3O[C@@H](n4cnc5c(=O)[nH]c6nccn6c54)[C@H](O)[C@@]23O)c(=O)[nH]1. The molecule has 1 aliphatic carbocycles. The quantitative estimate of drug-likeness (QED) is 0.0739. The first-order valence-corrected chi connectivity index (χ1v) is 15.9. The summed E-state index contributed by atoms with van der Waals surface area (Å²) in [4.78, 5) is 45.6. The van der Waals surface area contributed by atoms with Gasteiger partial charge in [0.1, 0.15) is 30.5 Å². The normalized spacial score (nSPS) is 34.2. The standard InChI is InChI=1S/C22H22FN10O10PS/c23-7-6(3-34)40-18(32-4-26-8-14(32)28-20(24)29-15(8)36)10(7)42-44(39,45)43-13-12-22(13,38)11(35)19(41-12)33-5-27-9-16(37)30-21-25-1-2-31(21)17(9)33/h1-2,4-7,10-13,18-19,34-35,38H,3H2,(H,39,45)(H,25,30,37)(H3,24,28,29,36)/t6-,7-,10-,11+,12-,13?,18-,19-,22+,44?/m1/s1. The van der Waals surface area contributed by atoms with Crippen LogP contribution in [0.3, 0.4) is 0 Å². The van der Waals surface area contributed by atoms with Crippen LogP contribution in [0.1, 0.15) is 12.5 Å². The summed E-state index contributed by atoms with van der Waals surface area (Å²) in [6, 6.07) is 0. The summed E-state index contributed by atoms with van der Waals surface area (Å²) in [7, 11) is 0. The van der Waals surface area contributed by atoms with Crippen molar-refractivity contribution in [3.63, 3.8) is 0 Å². The molecular weight excluding hydrogens is 646 g/mol. The van der Waals surface area contributed by atoms with Gasteiger partial charge in [-0.25, -0.2) is 23.9 Å². The number of ether oxygens (including phenoxy) is 2. The Hall–Kier alpha value is -3.73. The second-order valence-corrected chi connectivity index (χ2v) is 13.5. The molecule has 0 bridgehead atoms. The number of imidazole rings is 3. The van der Waals surface area contributed by atoms with E-state index in [9.17, 15) is 29.5 Å².